The maximum Gasteiger partial charge on any atom is 0.278 e. The zero-order chi connectivity index (χ0) is 25.2. The molecular weight excluding hydrogens is 480 g/mol. The number of amides is 1. The molecular formula is C28H21F2N3O2S. The fourth-order valence-electron chi connectivity index (χ4n) is 3.94. The fourth-order valence-corrected chi connectivity index (χ4v) is 4.93. The Hall–Kier alpha value is -4.17. The molecule has 0 unspecified atom stereocenters. The molecule has 0 aliphatic rings. The van der Waals surface area contributed by atoms with E-state index >= 15 is 0 Å². The predicted octanol–water partition coefficient (Wildman–Crippen LogP) is 6.80. The summed E-state index contributed by atoms with van der Waals surface area (Å²) in [5.74, 6) is -1.67. The lowest BCUT2D eigenvalue weighted by Crippen LogP contribution is -2.31. The third kappa shape index (κ3) is 4.67. The van der Waals surface area contributed by atoms with Crippen molar-refractivity contribution in [3.63, 3.8) is 0 Å². The first kappa shape index (κ1) is 23.6. The second-order valence-corrected chi connectivity index (χ2v) is 9.35. The molecule has 0 radical (unpaired) electrons. The van der Waals surface area contributed by atoms with Gasteiger partial charge in [0.1, 0.15) is 11.4 Å². The van der Waals surface area contributed by atoms with Crippen molar-refractivity contribution < 1.29 is 18.3 Å². The molecule has 0 aliphatic heterocycles. The zero-order valence-electron chi connectivity index (χ0n) is 19.5. The smallest absolute Gasteiger partial charge is 0.278 e. The van der Waals surface area contributed by atoms with Crippen LogP contribution in [0.5, 0.6) is 5.75 Å². The van der Waals surface area contributed by atoms with Crippen LogP contribution in [0.1, 0.15) is 20.9 Å². The number of hydrogen-bond acceptors (Lipinski definition) is 5. The lowest BCUT2D eigenvalue weighted by atomic mass is 10.1. The predicted molar refractivity (Wildman–Crippen MR) is 137 cm³/mol. The summed E-state index contributed by atoms with van der Waals surface area (Å²) in [5.41, 5.74) is 3.60. The number of carbonyl (C=O) groups excluding carboxylic acids is 1. The van der Waals surface area contributed by atoms with E-state index in [1.807, 2.05) is 49.4 Å². The lowest BCUT2D eigenvalue weighted by molar-refractivity contribution is 0.0980. The molecule has 5 nitrogen and oxygen atoms in total. The van der Waals surface area contributed by atoms with E-state index in [-0.39, 0.29) is 17.9 Å². The van der Waals surface area contributed by atoms with Gasteiger partial charge in [-0.15, -0.1) is 11.3 Å². The van der Waals surface area contributed by atoms with Crippen LogP contribution in [0.25, 0.3) is 21.5 Å². The van der Waals surface area contributed by atoms with Crippen LogP contribution in [0.2, 0.25) is 0 Å². The number of para-hydroxylation sites is 2. The minimum atomic E-state index is -1.03. The number of methoxy groups -OCH3 is 1. The molecule has 8 heteroatoms. The van der Waals surface area contributed by atoms with Crippen LogP contribution in [-0.4, -0.2) is 23.0 Å². The van der Waals surface area contributed by atoms with Gasteiger partial charge in [-0.05, 0) is 72.6 Å². The minimum absolute atomic E-state index is 0.112. The van der Waals surface area contributed by atoms with Crippen molar-refractivity contribution in [2.24, 2.45) is 0 Å². The van der Waals surface area contributed by atoms with Gasteiger partial charge in [0.2, 0.25) is 0 Å². The number of aromatic nitrogens is 2. The van der Waals surface area contributed by atoms with Crippen molar-refractivity contribution in [1.29, 1.82) is 0 Å². The first-order valence-electron chi connectivity index (χ1n) is 11.2. The molecule has 5 aromatic rings. The first-order valence-corrected chi connectivity index (χ1v) is 12.0. The van der Waals surface area contributed by atoms with Crippen molar-refractivity contribution in [2.75, 3.05) is 12.0 Å². The van der Waals surface area contributed by atoms with Gasteiger partial charge in [0.25, 0.3) is 5.91 Å². The third-order valence-corrected chi connectivity index (χ3v) is 6.90. The standard InChI is InChI=1S/C28H21F2N3O2S/c1-17-13-18(7-11-26(17)35-2)27-12-9-20(36-27)16-33(19-8-10-21(29)22(30)14-19)28(34)25-15-31-23-5-3-4-6-24(23)32-25/h3-15H,16H2,1-2H3. The van der Waals surface area contributed by atoms with E-state index in [2.05, 4.69) is 9.97 Å². The quantitative estimate of drug-likeness (QED) is 0.257. The molecule has 0 bridgehead atoms. The van der Waals surface area contributed by atoms with Crippen LogP contribution >= 0.6 is 11.3 Å². The number of hydrogen-bond donors (Lipinski definition) is 0. The van der Waals surface area contributed by atoms with Crippen molar-refractivity contribution >= 4 is 34.0 Å². The normalized spacial score (nSPS) is 11.0. The van der Waals surface area contributed by atoms with Gasteiger partial charge in [-0.25, -0.2) is 13.8 Å². The van der Waals surface area contributed by atoms with Gasteiger partial charge in [0.15, 0.2) is 11.6 Å². The summed E-state index contributed by atoms with van der Waals surface area (Å²) < 4.78 is 33.1. The van der Waals surface area contributed by atoms with Gasteiger partial charge in [-0.2, -0.15) is 0 Å². The molecule has 0 N–H and O–H groups in total. The Morgan fingerprint density at radius 2 is 1.78 bits per heavy atom. The summed E-state index contributed by atoms with van der Waals surface area (Å²) in [6.07, 6.45) is 1.40. The Morgan fingerprint density at radius 1 is 0.972 bits per heavy atom. The topological polar surface area (TPSA) is 55.3 Å². The van der Waals surface area contributed by atoms with Crippen LogP contribution < -0.4 is 9.64 Å². The minimum Gasteiger partial charge on any atom is -0.496 e. The number of halogens is 2. The second kappa shape index (κ2) is 9.83. The number of nitrogens with zero attached hydrogens (tertiary/aromatic N) is 3. The summed E-state index contributed by atoms with van der Waals surface area (Å²) in [4.78, 5) is 25.6. The van der Waals surface area contributed by atoms with Crippen LogP contribution in [0.15, 0.2) is 79.0 Å². The molecule has 0 atom stereocenters. The highest BCUT2D eigenvalue weighted by atomic mass is 32.1. The number of thiophene rings is 1. The summed E-state index contributed by atoms with van der Waals surface area (Å²) in [6.45, 7) is 2.13. The van der Waals surface area contributed by atoms with Gasteiger partial charge in [0, 0.05) is 21.5 Å². The molecule has 2 aromatic heterocycles. The van der Waals surface area contributed by atoms with Gasteiger partial charge in [-0.1, -0.05) is 12.1 Å². The summed E-state index contributed by atoms with van der Waals surface area (Å²) in [6, 6.07) is 20.5. The van der Waals surface area contributed by atoms with Crippen LogP contribution in [0, 0.1) is 18.6 Å². The van der Waals surface area contributed by atoms with Crippen LogP contribution in [-0.2, 0) is 6.54 Å². The van der Waals surface area contributed by atoms with E-state index in [9.17, 15) is 13.6 Å². The number of aryl methyl sites for hydroxylation is 1. The third-order valence-electron chi connectivity index (χ3n) is 5.78. The van der Waals surface area contributed by atoms with Gasteiger partial charge in [-0.3, -0.25) is 9.78 Å². The maximum absolute atomic E-state index is 14.1. The SMILES string of the molecule is COc1ccc(-c2ccc(CN(C(=O)c3cnc4ccccc4n3)c3ccc(F)c(F)c3)s2)cc1C. The van der Waals surface area contributed by atoms with E-state index in [1.165, 1.54) is 28.5 Å². The van der Waals surface area contributed by atoms with Crippen molar-refractivity contribution in [2.45, 2.75) is 13.5 Å². The zero-order valence-corrected chi connectivity index (χ0v) is 20.4. The van der Waals surface area contributed by atoms with Crippen molar-refractivity contribution in [3.8, 4) is 16.2 Å². The van der Waals surface area contributed by atoms with E-state index in [0.717, 1.165) is 38.8 Å². The van der Waals surface area contributed by atoms with E-state index < -0.39 is 17.5 Å². The molecule has 0 saturated heterocycles. The first-order chi connectivity index (χ1) is 17.4. The molecule has 1 amide bonds. The highest BCUT2D eigenvalue weighted by Gasteiger charge is 2.22. The van der Waals surface area contributed by atoms with Crippen molar-refractivity contribution in [1.82, 2.24) is 9.97 Å². The largest absolute Gasteiger partial charge is 0.496 e. The van der Waals surface area contributed by atoms with Crippen LogP contribution in [0.4, 0.5) is 14.5 Å². The highest BCUT2D eigenvalue weighted by molar-refractivity contribution is 7.15. The second-order valence-electron chi connectivity index (χ2n) is 8.18. The summed E-state index contributed by atoms with van der Waals surface area (Å²) >= 11 is 1.52. The molecule has 3 aromatic carbocycles. The van der Waals surface area contributed by atoms with E-state index in [4.69, 9.17) is 4.74 Å². The number of ether oxygens (including phenoxy) is 1. The average Bonchev–Trinajstić information content (AvgIpc) is 3.37. The monoisotopic (exact) mass is 501 g/mol. The molecule has 0 spiro atoms. The molecule has 2 heterocycles. The lowest BCUT2D eigenvalue weighted by Gasteiger charge is -2.22. The maximum atomic E-state index is 14.1. The number of fused-ring (bicyclic) bond motifs is 1. The van der Waals surface area contributed by atoms with Gasteiger partial charge in [0.05, 0.1) is 30.9 Å². The number of rotatable bonds is 6. The molecule has 5 rings (SSSR count). The molecule has 0 aliphatic carbocycles. The Labute approximate surface area is 210 Å². The Bertz CT molecular complexity index is 1580. The van der Waals surface area contributed by atoms with E-state index in [0.29, 0.717) is 11.0 Å². The van der Waals surface area contributed by atoms with Gasteiger partial charge >= 0.3 is 0 Å². The van der Waals surface area contributed by atoms with Crippen LogP contribution in [0.3, 0.4) is 0 Å². The Morgan fingerprint density at radius 3 is 2.53 bits per heavy atom. The fraction of sp³-hybridized carbons (Fsp3) is 0.107. The molecule has 36 heavy (non-hydrogen) atoms. The Balaban J connectivity index is 1.50. The summed E-state index contributed by atoms with van der Waals surface area (Å²) in [7, 11) is 1.63. The number of benzene rings is 3. The summed E-state index contributed by atoms with van der Waals surface area (Å²) in [5, 5.41) is 0. The molecule has 180 valence electrons. The Kier molecular flexibility index (Phi) is 6.43. The molecule has 0 fully saturated rings. The molecule has 0 saturated carbocycles. The number of anilines is 1. The average molecular weight is 502 g/mol. The van der Waals surface area contributed by atoms with Gasteiger partial charge < -0.3 is 9.64 Å². The number of carbonyl (C=O) groups is 1. The van der Waals surface area contributed by atoms with Crippen molar-refractivity contribution in [3.05, 3.63) is 107 Å². The highest BCUT2D eigenvalue weighted by Crippen LogP contribution is 2.33. The van der Waals surface area contributed by atoms with E-state index in [1.54, 1.807) is 19.2 Å².